The fraction of sp³-hybridized carbons (Fsp3) is 0.375. The van der Waals surface area contributed by atoms with Gasteiger partial charge in [0.1, 0.15) is 0 Å². The normalized spacial score (nSPS) is 18.9. The van der Waals surface area contributed by atoms with Gasteiger partial charge in [0.2, 0.25) is 0 Å². The molecule has 0 saturated carbocycles. The van der Waals surface area contributed by atoms with E-state index in [1.54, 1.807) is 22.3 Å². The monoisotopic (exact) mass is 479 g/mol. The van der Waals surface area contributed by atoms with Crippen LogP contribution in [0.25, 0.3) is 17.2 Å². The zero-order chi connectivity index (χ0) is 24.1. The third-order valence-electron chi connectivity index (χ3n) is 8.00. The summed E-state index contributed by atoms with van der Waals surface area (Å²) in [5.74, 6) is 0. The van der Waals surface area contributed by atoms with Crippen molar-refractivity contribution in [3.8, 4) is 11.1 Å². The van der Waals surface area contributed by atoms with Crippen LogP contribution in [0.4, 0.5) is 0 Å². The predicted octanol–water partition coefficient (Wildman–Crippen LogP) is 9.33. The Balaban J connectivity index is 1.73. The topological polar surface area (TPSA) is 0 Å². The van der Waals surface area contributed by atoms with Gasteiger partial charge in [-0.1, -0.05) is 137 Å². The Morgan fingerprint density at radius 2 is 1.26 bits per heavy atom. The molecule has 34 heavy (non-hydrogen) atoms. The number of allylic oxidation sites excluding steroid dienone is 1. The molecule has 2 aliphatic carbocycles. The summed E-state index contributed by atoms with van der Waals surface area (Å²) in [5, 5.41) is 0. The fourth-order valence-electron chi connectivity index (χ4n) is 7.16. The Labute approximate surface area is 209 Å². The first-order valence-corrected chi connectivity index (χ1v) is 18.5. The molecule has 3 aromatic carbocycles. The molecule has 3 aromatic rings. The molecule has 2 atom stereocenters. The van der Waals surface area contributed by atoms with Gasteiger partial charge < -0.3 is 0 Å². The van der Waals surface area contributed by atoms with Crippen molar-refractivity contribution in [1.82, 2.24) is 0 Å². The minimum Gasteiger partial charge on any atom is -0.0713 e. The van der Waals surface area contributed by atoms with E-state index in [2.05, 4.69) is 119 Å². The number of fused-ring (bicyclic) bond motifs is 4. The lowest BCUT2D eigenvalue weighted by Gasteiger charge is -2.45. The Bertz CT molecular complexity index is 1180. The number of rotatable bonds is 6. The van der Waals surface area contributed by atoms with Crippen LogP contribution in [-0.2, 0) is 0 Å². The van der Waals surface area contributed by atoms with E-state index in [0.717, 1.165) is 0 Å². The van der Waals surface area contributed by atoms with Crippen molar-refractivity contribution in [2.24, 2.45) is 5.41 Å². The molecule has 175 valence electrons. The summed E-state index contributed by atoms with van der Waals surface area (Å²) in [7, 11) is -2.22. The Morgan fingerprint density at radius 1 is 0.735 bits per heavy atom. The molecule has 0 aliphatic heterocycles. The van der Waals surface area contributed by atoms with Crippen LogP contribution >= 0.6 is 0 Å². The van der Waals surface area contributed by atoms with Gasteiger partial charge >= 0.3 is 0 Å². The maximum Gasteiger partial charge on any atom is 0.0761 e. The van der Waals surface area contributed by atoms with Crippen molar-refractivity contribution in [2.45, 2.75) is 70.0 Å². The van der Waals surface area contributed by atoms with Crippen LogP contribution in [0.5, 0.6) is 0 Å². The molecule has 0 fully saturated rings. The minimum absolute atomic E-state index is 0.252. The van der Waals surface area contributed by atoms with Gasteiger partial charge in [0.15, 0.2) is 0 Å². The molecule has 0 spiro atoms. The van der Waals surface area contributed by atoms with E-state index in [1.165, 1.54) is 35.2 Å². The van der Waals surface area contributed by atoms with Crippen LogP contribution in [0.2, 0.25) is 31.7 Å². The molecule has 2 aliphatic rings. The molecule has 1 radical (unpaired) electrons. The first kappa shape index (κ1) is 23.6. The van der Waals surface area contributed by atoms with Crippen molar-refractivity contribution in [3.63, 3.8) is 0 Å². The van der Waals surface area contributed by atoms with Gasteiger partial charge in [0.05, 0.1) is 8.07 Å². The van der Waals surface area contributed by atoms with Crippen molar-refractivity contribution in [2.75, 3.05) is 0 Å². The summed E-state index contributed by atoms with van der Waals surface area (Å²) in [6.07, 6.45) is 3.86. The molecule has 0 heterocycles. The van der Waals surface area contributed by atoms with E-state index in [0.29, 0.717) is 16.5 Å². The standard InChI is InChI=1S/C32H39Si2/c1-32(2,3)22-34(6,30-24(19-20-33(4)5)21-23-13-7-8-14-25(23)30)31-28-17-11-9-15-26(28)27-16-10-12-18-29(27)31/h7-18,21,30-31H,19-20,22H2,1-6H3. The van der Waals surface area contributed by atoms with Gasteiger partial charge in [0.25, 0.3) is 0 Å². The molecule has 2 unspecified atom stereocenters. The largest absolute Gasteiger partial charge is 0.0761 e. The number of hydrogen-bond donors (Lipinski definition) is 0. The third kappa shape index (κ3) is 4.09. The van der Waals surface area contributed by atoms with Crippen LogP contribution in [0.15, 0.2) is 78.4 Å². The lowest BCUT2D eigenvalue weighted by Crippen LogP contribution is -2.48. The highest BCUT2D eigenvalue weighted by Gasteiger charge is 2.52. The van der Waals surface area contributed by atoms with Gasteiger partial charge in [-0.2, -0.15) is 0 Å². The second-order valence-corrected chi connectivity index (χ2v) is 19.8. The summed E-state index contributed by atoms with van der Waals surface area (Å²) >= 11 is 0. The van der Waals surface area contributed by atoms with Crippen LogP contribution in [0.3, 0.4) is 0 Å². The van der Waals surface area contributed by atoms with Crippen LogP contribution < -0.4 is 0 Å². The molecule has 0 saturated heterocycles. The third-order valence-corrected chi connectivity index (χ3v) is 15.0. The van der Waals surface area contributed by atoms with E-state index in [4.69, 9.17) is 0 Å². The smallest absolute Gasteiger partial charge is 0.0713 e. The molecule has 0 N–H and O–H groups in total. The lowest BCUT2D eigenvalue weighted by atomic mass is 10.0. The van der Waals surface area contributed by atoms with Crippen molar-refractivity contribution in [1.29, 1.82) is 0 Å². The van der Waals surface area contributed by atoms with Crippen LogP contribution in [0.1, 0.15) is 60.5 Å². The van der Waals surface area contributed by atoms with E-state index < -0.39 is 8.07 Å². The van der Waals surface area contributed by atoms with E-state index >= 15 is 0 Å². The highest BCUT2D eigenvalue weighted by Crippen LogP contribution is 2.58. The molecule has 0 aromatic heterocycles. The first-order valence-electron chi connectivity index (χ1n) is 13.0. The maximum absolute atomic E-state index is 2.76. The molecule has 0 nitrogen and oxygen atoms in total. The fourth-order valence-corrected chi connectivity index (χ4v) is 14.9. The van der Waals surface area contributed by atoms with E-state index in [9.17, 15) is 0 Å². The Morgan fingerprint density at radius 3 is 1.82 bits per heavy atom. The van der Waals surface area contributed by atoms with Crippen molar-refractivity contribution >= 4 is 22.9 Å². The van der Waals surface area contributed by atoms with Gasteiger partial charge in [-0.05, 0) is 45.2 Å². The summed E-state index contributed by atoms with van der Waals surface area (Å²) in [6, 6.07) is 30.6. The van der Waals surface area contributed by atoms with Gasteiger partial charge in [0, 0.05) is 19.9 Å². The van der Waals surface area contributed by atoms with Gasteiger partial charge in [-0.25, -0.2) is 0 Å². The van der Waals surface area contributed by atoms with Crippen molar-refractivity contribution < 1.29 is 0 Å². The molecular weight excluding hydrogens is 441 g/mol. The zero-order valence-electron chi connectivity index (χ0n) is 21.8. The Kier molecular flexibility index (Phi) is 6.10. The second-order valence-electron chi connectivity index (χ2n) is 12.3. The zero-order valence-corrected chi connectivity index (χ0v) is 23.8. The van der Waals surface area contributed by atoms with E-state index in [1.807, 2.05) is 0 Å². The average Bonchev–Trinajstić information content (AvgIpc) is 3.33. The maximum atomic E-state index is 2.76. The SMILES string of the molecule is C[Si](C)CCC1=Cc2ccccc2C1[Si](C)(CC(C)(C)C)C1c2ccccc2-c2ccccc21. The van der Waals surface area contributed by atoms with Gasteiger partial charge in [-0.3, -0.25) is 0 Å². The van der Waals surface area contributed by atoms with Crippen LogP contribution in [-0.4, -0.2) is 16.9 Å². The summed E-state index contributed by atoms with van der Waals surface area (Å²) in [6.45, 7) is 15.1. The average molecular weight is 480 g/mol. The van der Waals surface area contributed by atoms with Crippen LogP contribution in [0, 0.1) is 5.41 Å². The second kappa shape index (κ2) is 8.80. The van der Waals surface area contributed by atoms with E-state index in [-0.39, 0.29) is 8.80 Å². The van der Waals surface area contributed by atoms with Crippen molar-refractivity contribution in [3.05, 3.63) is 101 Å². The number of hydrogen-bond acceptors (Lipinski definition) is 0. The molecule has 0 bridgehead atoms. The van der Waals surface area contributed by atoms with Gasteiger partial charge in [-0.15, -0.1) is 0 Å². The number of benzene rings is 3. The molecule has 2 heteroatoms. The molecule has 5 rings (SSSR count). The summed E-state index contributed by atoms with van der Waals surface area (Å²) < 4.78 is 0. The Hall–Kier alpha value is -2.17. The molecule has 0 amide bonds. The highest BCUT2D eigenvalue weighted by molar-refractivity contribution is 6.83. The lowest BCUT2D eigenvalue weighted by molar-refractivity contribution is 0.456. The predicted molar refractivity (Wildman–Crippen MR) is 154 cm³/mol. The highest BCUT2D eigenvalue weighted by atomic mass is 28.3. The minimum atomic E-state index is -1.96. The first-order chi connectivity index (χ1) is 16.2. The summed E-state index contributed by atoms with van der Waals surface area (Å²) in [5.41, 5.74) is 12.4. The summed E-state index contributed by atoms with van der Waals surface area (Å²) in [4.78, 5) is 0. The molecular formula is C32H39Si2. The quantitative estimate of drug-likeness (QED) is 0.309.